The number of H-pyrrole nitrogens is 1. The lowest BCUT2D eigenvalue weighted by atomic mass is 10.1. The van der Waals surface area contributed by atoms with Crippen LogP contribution in [0.15, 0.2) is 30.6 Å². The van der Waals surface area contributed by atoms with E-state index in [0.717, 1.165) is 25.0 Å². The molecule has 1 aromatic carbocycles. The Morgan fingerprint density at radius 3 is 2.77 bits per heavy atom. The Morgan fingerprint density at radius 1 is 1.27 bits per heavy atom. The van der Waals surface area contributed by atoms with E-state index in [1.165, 1.54) is 6.20 Å². The molecule has 0 saturated heterocycles. The van der Waals surface area contributed by atoms with Gasteiger partial charge in [0.2, 0.25) is 0 Å². The van der Waals surface area contributed by atoms with Crippen molar-refractivity contribution in [1.29, 1.82) is 0 Å². The number of amides is 1. The van der Waals surface area contributed by atoms with Crippen molar-refractivity contribution in [3.63, 3.8) is 0 Å². The van der Waals surface area contributed by atoms with E-state index >= 15 is 0 Å². The first-order valence-electron chi connectivity index (χ1n) is 8.02. The number of nitrogen functional groups attached to an aromatic ring is 1. The molecule has 6 nitrogen and oxygen atoms in total. The summed E-state index contributed by atoms with van der Waals surface area (Å²) in [4.78, 5) is 31.6. The van der Waals surface area contributed by atoms with E-state index in [1.54, 1.807) is 12.3 Å². The largest absolute Gasteiger partial charge is 0.396 e. The smallest absolute Gasteiger partial charge is 0.261 e. The Hall–Kier alpha value is -3.29. The third-order valence-electron chi connectivity index (χ3n) is 4.35. The lowest BCUT2D eigenvalue weighted by Crippen LogP contribution is -2.17. The Kier molecular flexibility index (Phi) is 3.68. The standard InChI is InChI=1S/C18H14F2N4O2/c19-12-3-4-13(21)15(20)14(12)18(26)24-9-5-10-11(16(25)8-1-2-8)7-23-17(10)22-6-9/h3-8H,1-2,21H2,(H,22,23)(H,24,26). The topological polar surface area (TPSA) is 101 Å². The molecule has 132 valence electrons. The molecule has 26 heavy (non-hydrogen) atoms. The van der Waals surface area contributed by atoms with Crippen LogP contribution in [0.2, 0.25) is 0 Å². The van der Waals surface area contributed by atoms with Gasteiger partial charge in [-0.05, 0) is 31.0 Å². The van der Waals surface area contributed by atoms with Crippen LogP contribution in [0.4, 0.5) is 20.2 Å². The van der Waals surface area contributed by atoms with E-state index in [1.807, 2.05) is 0 Å². The van der Waals surface area contributed by atoms with Gasteiger partial charge in [-0.15, -0.1) is 0 Å². The van der Waals surface area contributed by atoms with Crippen molar-refractivity contribution < 1.29 is 18.4 Å². The molecular formula is C18H14F2N4O2. The minimum absolute atomic E-state index is 0.0226. The van der Waals surface area contributed by atoms with E-state index in [2.05, 4.69) is 15.3 Å². The van der Waals surface area contributed by atoms with Gasteiger partial charge in [0.15, 0.2) is 11.6 Å². The zero-order valence-electron chi connectivity index (χ0n) is 13.5. The summed E-state index contributed by atoms with van der Waals surface area (Å²) < 4.78 is 27.8. The molecule has 1 amide bonds. The number of fused-ring (bicyclic) bond motifs is 1. The average Bonchev–Trinajstić information content (AvgIpc) is 3.38. The number of aromatic nitrogens is 2. The number of anilines is 2. The predicted molar refractivity (Wildman–Crippen MR) is 91.9 cm³/mol. The normalized spacial score (nSPS) is 13.8. The molecule has 3 aromatic rings. The number of nitrogens with one attached hydrogen (secondary N) is 2. The zero-order valence-corrected chi connectivity index (χ0v) is 13.5. The summed E-state index contributed by atoms with van der Waals surface area (Å²) in [7, 11) is 0. The van der Waals surface area contributed by atoms with Gasteiger partial charge in [0, 0.05) is 23.1 Å². The van der Waals surface area contributed by atoms with Gasteiger partial charge in [0.25, 0.3) is 5.91 Å². The number of nitrogens with two attached hydrogens (primary N) is 1. The maximum Gasteiger partial charge on any atom is 0.261 e. The number of Topliss-reactive ketones (excluding diaryl/α,β-unsaturated/α-hetero) is 1. The van der Waals surface area contributed by atoms with Crippen molar-refractivity contribution in [2.24, 2.45) is 5.92 Å². The summed E-state index contributed by atoms with van der Waals surface area (Å²) in [6.45, 7) is 0. The molecule has 4 N–H and O–H groups in total. The molecule has 0 spiro atoms. The van der Waals surface area contributed by atoms with Crippen LogP contribution in [-0.4, -0.2) is 21.7 Å². The molecule has 0 atom stereocenters. The summed E-state index contributed by atoms with van der Waals surface area (Å²) in [5.41, 5.74) is 5.50. The molecule has 1 aliphatic carbocycles. The first-order chi connectivity index (χ1) is 12.5. The molecule has 0 bridgehead atoms. The highest BCUT2D eigenvalue weighted by Gasteiger charge is 2.32. The number of ketones is 1. The maximum absolute atomic E-state index is 14.0. The maximum atomic E-state index is 14.0. The highest BCUT2D eigenvalue weighted by molar-refractivity contribution is 6.11. The van der Waals surface area contributed by atoms with Crippen molar-refractivity contribution in [3.8, 4) is 0 Å². The highest BCUT2D eigenvalue weighted by Crippen LogP contribution is 2.34. The summed E-state index contributed by atoms with van der Waals surface area (Å²) in [5.74, 6) is -3.08. The van der Waals surface area contributed by atoms with E-state index in [4.69, 9.17) is 5.73 Å². The van der Waals surface area contributed by atoms with Crippen LogP contribution in [0.25, 0.3) is 11.0 Å². The van der Waals surface area contributed by atoms with Crippen LogP contribution in [0.5, 0.6) is 0 Å². The fourth-order valence-electron chi connectivity index (χ4n) is 2.81. The minimum Gasteiger partial charge on any atom is -0.396 e. The van der Waals surface area contributed by atoms with Crippen molar-refractivity contribution >= 4 is 34.1 Å². The molecule has 1 aliphatic rings. The molecule has 1 saturated carbocycles. The van der Waals surface area contributed by atoms with Gasteiger partial charge in [-0.2, -0.15) is 0 Å². The molecule has 2 aromatic heterocycles. The van der Waals surface area contributed by atoms with E-state index < -0.39 is 23.1 Å². The average molecular weight is 356 g/mol. The van der Waals surface area contributed by atoms with Crippen LogP contribution in [0.3, 0.4) is 0 Å². The summed E-state index contributed by atoms with van der Waals surface area (Å²) in [6, 6.07) is 3.52. The van der Waals surface area contributed by atoms with Gasteiger partial charge in [-0.1, -0.05) is 0 Å². The summed E-state index contributed by atoms with van der Waals surface area (Å²) in [6.07, 6.45) is 4.65. The van der Waals surface area contributed by atoms with Crippen molar-refractivity contribution in [1.82, 2.24) is 9.97 Å². The second-order valence-electron chi connectivity index (χ2n) is 6.24. The molecule has 2 heterocycles. The van der Waals surface area contributed by atoms with Gasteiger partial charge < -0.3 is 16.0 Å². The Labute approximate surface area is 146 Å². The summed E-state index contributed by atoms with van der Waals surface area (Å²) in [5, 5.41) is 2.95. The van der Waals surface area contributed by atoms with E-state index in [0.29, 0.717) is 16.6 Å². The fourth-order valence-corrected chi connectivity index (χ4v) is 2.81. The fraction of sp³-hybridized carbons (Fsp3) is 0.167. The number of halogens is 2. The molecule has 0 aliphatic heterocycles. The first kappa shape index (κ1) is 16.2. The van der Waals surface area contributed by atoms with Crippen LogP contribution in [0, 0.1) is 17.6 Å². The SMILES string of the molecule is Nc1ccc(F)c(C(=O)Nc2cnc3[nH]cc(C(=O)C4CC4)c3c2)c1F. The van der Waals surface area contributed by atoms with Crippen LogP contribution in [0.1, 0.15) is 33.6 Å². The lowest BCUT2D eigenvalue weighted by molar-refractivity contribution is 0.0968. The molecule has 8 heteroatoms. The minimum atomic E-state index is -1.12. The Bertz CT molecular complexity index is 1060. The van der Waals surface area contributed by atoms with E-state index in [-0.39, 0.29) is 23.1 Å². The number of benzene rings is 1. The van der Waals surface area contributed by atoms with E-state index in [9.17, 15) is 18.4 Å². The number of rotatable bonds is 4. The number of carbonyl (C=O) groups is 2. The number of nitrogens with zero attached hydrogens (tertiary/aromatic N) is 1. The quantitative estimate of drug-likeness (QED) is 0.493. The molecule has 1 fully saturated rings. The Balaban J connectivity index is 1.67. The highest BCUT2D eigenvalue weighted by atomic mass is 19.1. The lowest BCUT2D eigenvalue weighted by Gasteiger charge is -2.08. The number of carbonyl (C=O) groups excluding carboxylic acids is 2. The first-order valence-corrected chi connectivity index (χ1v) is 8.02. The van der Waals surface area contributed by atoms with Crippen LogP contribution >= 0.6 is 0 Å². The number of hydrogen-bond acceptors (Lipinski definition) is 4. The number of aromatic amines is 1. The summed E-state index contributed by atoms with van der Waals surface area (Å²) >= 11 is 0. The van der Waals surface area contributed by atoms with Gasteiger partial charge >= 0.3 is 0 Å². The second kappa shape index (κ2) is 5.91. The predicted octanol–water partition coefficient (Wildman–Crippen LogP) is 3.27. The Morgan fingerprint density at radius 2 is 2.04 bits per heavy atom. The van der Waals surface area contributed by atoms with Gasteiger partial charge in [-0.25, -0.2) is 13.8 Å². The molecule has 0 unspecified atom stereocenters. The molecule has 4 rings (SSSR count). The monoisotopic (exact) mass is 356 g/mol. The number of hydrogen-bond donors (Lipinski definition) is 3. The molecular weight excluding hydrogens is 342 g/mol. The van der Waals surface area contributed by atoms with Gasteiger partial charge in [0.1, 0.15) is 17.0 Å². The molecule has 0 radical (unpaired) electrons. The van der Waals surface area contributed by atoms with Gasteiger partial charge in [0.05, 0.1) is 17.6 Å². The van der Waals surface area contributed by atoms with Crippen LogP contribution in [-0.2, 0) is 0 Å². The second-order valence-corrected chi connectivity index (χ2v) is 6.24. The van der Waals surface area contributed by atoms with Crippen molar-refractivity contribution in [3.05, 3.63) is 53.4 Å². The zero-order chi connectivity index (χ0) is 18.4. The van der Waals surface area contributed by atoms with Crippen LogP contribution < -0.4 is 11.1 Å². The van der Waals surface area contributed by atoms with Crippen molar-refractivity contribution in [2.45, 2.75) is 12.8 Å². The van der Waals surface area contributed by atoms with Gasteiger partial charge in [-0.3, -0.25) is 9.59 Å². The number of pyridine rings is 1. The third kappa shape index (κ3) is 2.69. The van der Waals surface area contributed by atoms with Crippen molar-refractivity contribution in [2.75, 3.05) is 11.1 Å². The third-order valence-corrected chi connectivity index (χ3v) is 4.35.